The number of phenols is 1. The van der Waals surface area contributed by atoms with Crippen molar-refractivity contribution >= 4 is 17.4 Å². The lowest BCUT2D eigenvalue weighted by molar-refractivity contribution is -0.385. The number of phenolic OH excluding ortho intramolecular Hbond substituents is 1. The van der Waals surface area contributed by atoms with Gasteiger partial charge in [0.05, 0.1) is 11.3 Å². The van der Waals surface area contributed by atoms with E-state index in [9.17, 15) is 24.8 Å². The van der Waals surface area contributed by atoms with Gasteiger partial charge in [-0.1, -0.05) is 18.2 Å². The second-order valence-electron chi connectivity index (χ2n) is 6.63. The van der Waals surface area contributed by atoms with Gasteiger partial charge in [0.1, 0.15) is 5.75 Å². The molecule has 0 radical (unpaired) electrons. The fourth-order valence-corrected chi connectivity index (χ4v) is 3.37. The van der Waals surface area contributed by atoms with Crippen molar-refractivity contribution in [1.29, 1.82) is 0 Å². The van der Waals surface area contributed by atoms with E-state index in [0.717, 1.165) is 0 Å². The maximum Gasteiger partial charge on any atom is 0.273 e. The zero-order valence-corrected chi connectivity index (χ0v) is 14.7. The second-order valence-corrected chi connectivity index (χ2v) is 6.63. The number of aromatic hydroxyl groups is 1. The molecule has 1 saturated heterocycles. The van der Waals surface area contributed by atoms with Gasteiger partial charge >= 0.3 is 0 Å². The molecule has 1 amide bonds. The summed E-state index contributed by atoms with van der Waals surface area (Å²) in [5, 5.41) is 20.4. The fraction of sp³-hybridized carbons (Fsp3) is 0.300. The molecule has 1 heterocycles. The van der Waals surface area contributed by atoms with Crippen molar-refractivity contribution in [3.63, 3.8) is 0 Å². The van der Waals surface area contributed by atoms with Crippen LogP contribution in [0.5, 0.6) is 5.75 Å². The van der Waals surface area contributed by atoms with Crippen LogP contribution in [-0.2, 0) is 11.2 Å². The first-order chi connectivity index (χ1) is 13.0. The van der Waals surface area contributed by atoms with Crippen molar-refractivity contribution in [3.05, 3.63) is 69.8 Å². The van der Waals surface area contributed by atoms with Gasteiger partial charge < -0.3 is 10.0 Å². The Hall–Kier alpha value is -3.22. The molecule has 0 saturated carbocycles. The normalized spacial score (nSPS) is 14.7. The molecule has 0 spiro atoms. The number of piperidine rings is 1. The molecule has 1 aliphatic rings. The fourth-order valence-electron chi connectivity index (χ4n) is 3.37. The van der Waals surface area contributed by atoms with Crippen LogP contribution in [-0.4, -0.2) is 39.7 Å². The highest BCUT2D eigenvalue weighted by molar-refractivity contribution is 5.98. The maximum absolute atomic E-state index is 12.5. The molecule has 0 atom stereocenters. The third-order valence-electron chi connectivity index (χ3n) is 4.90. The van der Waals surface area contributed by atoms with Crippen LogP contribution in [0.2, 0.25) is 0 Å². The van der Waals surface area contributed by atoms with Crippen molar-refractivity contribution < 1.29 is 19.6 Å². The van der Waals surface area contributed by atoms with Crippen molar-refractivity contribution in [2.24, 2.45) is 5.92 Å². The van der Waals surface area contributed by atoms with Gasteiger partial charge in [-0.2, -0.15) is 0 Å². The molecule has 1 N–H and O–H groups in total. The van der Waals surface area contributed by atoms with E-state index in [1.165, 1.54) is 18.2 Å². The number of benzene rings is 2. The number of carbonyl (C=O) groups excluding carboxylic acids is 2. The smallest absolute Gasteiger partial charge is 0.273 e. The highest BCUT2D eigenvalue weighted by Crippen LogP contribution is 2.24. The van der Waals surface area contributed by atoms with E-state index >= 15 is 0 Å². The molecule has 140 valence electrons. The Bertz CT molecular complexity index is 855. The number of ketones is 1. The van der Waals surface area contributed by atoms with Crippen LogP contribution in [0.4, 0.5) is 5.69 Å². The van der Waals surface area contributed by atoms with E-state index in [0.29, 0.717) is 37.1 Å². The number of hydrogen-bond acceptors (Lipinski definition) is 5. The number of likely N-dealkylation sites (tertiary alicyclic amines) is 1. The Kier molecular flexibility index (Phi) is 5.49. The lowest BCUT2D eigenvalue weighted by Gasteiger charge is -2.31. The van der Waals surface area contributed by atoms with Gasteiger partial charge in [-0.15, -0.1) is 0 Å². The third kappa shape index (κ3) is 4.31. The maximum atomic E-state index is 12.5. The van der Waals surface area contributed by atoms with Gasteiger partial charge in [0.2, 0.25) is 5.91 Å². The number of carbonyl (C=O) groups is 2. The number of para-hydroxylation sites is 1. The first kappa shape index (κ1) is 18.6. The highest BCUT2D eigenvalue weighted by Gasteiger charge is 2.28. The molecule has 0 aliphatic carbocycles. The minimum absolute atomic E-state index is 0.0146. The molecule has 2 aromatic carbocycles. The number of hydrogen-bond donors (Lipinski definition) is 1. The summed E-state index contributed by atoms with van der Waals surface area (Å²) in [6.07, 6.45) is 1.10. The summed E-state index contributed by atoms with van der Waals surface area (Å²) in [5.74, 6) is -0.202. The Balaban J connectivity index is 1.59. The molecule has 1 aliphatic heterocycles. The molecule has 7 heteroatoms. The average Bonchev–Trinajstić information content (AvgIpc) is 2.68. The lowest BCUT2D eigenvalue weighted by Crippen LogP contribution is -2.41. The van der Waals surface area contributed by atoms with Gasteiger partial charge in [-0.25, -0.2) is 0 Å². The zero-order valence-electron chi connectivity index (χ0n) is 14.7. The Morgan fingerprint density at radius 2 is 1.70 bits per heavy atom. The molecule has 2 aromatic rings. The molecule has 3 rings (SSSR count). The Morgan fingerprint density at radius 3 is 2.33 bits per heavy atom. The second kappa shape index (κ2) is 7.99. The quantitative estimate of drug-likeness (QED) is 0.497. The summed E-state index contributed by atoms with van der Waals surface area (Å²) in [4.78, 5) is 37.3. The van der Waals surface area contributed by atoms with E-state index in [2.05, 4.69) is 0 Å². The van der Waals surface area contributed by atoms with Gasteiger partial charge in [-0.05, 0) is 37.1 Å². The van der Waals surface area contributed by atoms with E-state index in [-0.39, 0.29) is 35.5 Å². The SMILES string of the molecule is O=C(c1ccc(O)cc1)C1CCN(C(=O)Cc2ccccc2[N+](=O)[O-])CC1. The molecular formula is C20H20N2O5. The number of nitrogens with zero attached hydrogens (tertiary/aromatic N) is 2. The van der Waals surface area contributed by atoms with E-state index in [1.807, 2.05) is 0 Å². The number of Topliss-reactive ketones (excluding diaryl/α,β-unsaturated/α-hetero) is 1. The van der Waals surface area contributed by atoms with E-state index in [4.69, 9.17) is 0 Å². The lowest BCUT2D eigenvalue weighted by atomic mass is 9.88. The van der Waals surface area contributed by atoms with Gasteiger partial charge in [0.15, 0.2) is 5.78 Å². The van der Waals surface area contributed by atoms with Crippen LogP contribution in [0.25, 0.3) is 0 Å². The molecule has 0 unspecified atom stereocenters. The standard InChI is InChI=1S/C20H20N2O5/c23-17-7-5-14(6-8-17)20(25)15-9-11-21(12-10-15)19(24)13-16-3-1-2-4-18(16)22(26)27/h1-8,15,23H,9-13H2. The van der Waals surface area contributed by atoms with Crippen molar-refractivity contribution in [2.45, 2.75) is 19.3 Å². The van der Waals surface area contributed by atoms with Crippen LogP contribution in [0, 0.1) is 16.0 Å². The summed E-state index contributed by atoms with van der Waals surface area (Å²) < 4.78 is 0. The number of nitro groups is 1. The minimum atomic E-state index is -0.481. The monoisotopic (exact) mass is 368 g/mol. The van der Waals surface area contributed by atoms with Gasteiger partial charge in [0.25, 0.3) is 5.69 Å². The molecular weight excluding hydrogens is 348 g/mol. The molecule has 27 heavy (non-hydrogen) atoms. The van der Waals surface area contributed by atoms with Crippen LogP contribution >= 0.6 is 0 Å². The van der Waals surface area contributed by atoms with Crippen LogP contribution < -0.4 is 0 Å². The van der Waals surface area contributed by atoms with E-state index in [1.54, 1.807) is 35.2 Å². The summed E-state index contributed by atoms with van der Waals surface area (Å²) in [6.45, 7) is 0.905. The highest BCUT2D eigenvalue weighted by atomic mass is 16.6. The largest absolute Gasteiger partial charge is 0.508 e. The molecule has 7 nitrogen and oxygen atoms in total. The summed E-state index contributed by atoms with van der Waals surface area (Å²) in [6, 6.07) is 12.4. The Morgan fingerprint density at radius 1 is 1.07 bits per heavy atom. The van der Waals surface area contributed by atoms with Crippen LogP contribution in [0.3, 0.4) is 0 Å². The average molecular weight is 368 g/mol. The molecule has 1 fully saturated rings. The summed E-state index contributed by atoms with van der Waals surface area (Å²) in [7, 11) is 0. The zero-order chi connectivity index (χ0) is 19.4. The summed E-state index contributed by atoms with van der Waals surface area (Å²) >= 11 is 0. The number of amides is 1. The first-order valence-corrected chi connectivity index (χ1v) is 8.79. The van der Waals surface area contributed by atoms with Crippen LogP contribution in [0.15, 0.2) is 48.5 Å². The van der Waals surface area contributed by atoms with Crippen LogP contribution in [0.1, 0.15) is 28.8 Å². The predicted octanol–water partition coefficient (Wildman–Crippen LogP) is 2.96. The third-order valence-corrected chi connectivity index (χ3v) is 4.90. The number of nitro benzene ring substituents is 1. The van der Waals surface area contributed by atoms with Gasteiger partial charge in [-0.3, -0.25) is 19.7 Å². The first-order valence-electron chi connectivity index (χ1n) is 8.79. The number of rotatable bonds is 5. The summed E-state index contributed by atoms with van der Waals surface area (Å²) in [5.41, 5.74) is 0.899. The van der Waals surface area contributed by atoms with E-state index < -0.39 is 4.92 Å². The predicted molar refractivity (Wildman–Crippen MR) is 98.5 cm³/mol. The van der Waals surface area contributed by atoms with Crippen molar-refractivity contribution in [1.82, 2.24) is 4.90 Å². The minimum Gasteiger partial charge on any atom is -0.508 e. The Labute approximate surface area is 156 Å². The molecule has 0 bridgehead atoms. The topological polar surface area (TPSA) is 101 Å². The van der Waals surface area contributed by atoms with Crippen molar-refractivity contribution in [3.8, 4) is 5.75 Å². The molecule has 0 aromatic heterocycles. The van der Waals surface area contributed by atoms with Crippen molar-refractivity contribution in [2.75, 3.05) is 13.1 Å². The van der Waals surface area contributed by atoms with Gasteiger partial charge in [0, 0.05) is 36.2 Å².